The summed E-state index contributed by atoms with van der Waals surface area (Å²) in [6.45, 7) is 5.23. The zero-order valence-corrected chi connectivity index (χ0v) is 22.4. The molecular weight excluding hydrogens is 497 g/mol. The van der Waals surface area contributed by atoms with Crippen LogP contribution in [0.2, 0.25) is 0 Å². The van der Waals surface area contributed by atoms with Gasteiger partial charge in [-0.05, 0) is 70.1 Å². The Labute approximate surface area is 221 Å². The van der Waals surface area contributed by atoms with E-state index in [0.29, 0.717) is 23.2 Å². The van der Waals surface area contributed by atoms with Gasteiger partial charge in [-0.2, -0.15) is 13.2 Å². The summed E-state index contributed by atoms with van der Waals surface area (Å²) in [7, 11) is 4.25. The maximum atomic E-state index is 13.9. The fourth-order valence-corrected chi connectivity index (χ4v) is 6.69. The minimum absolute atomic E-state index is 0.127. The van der Waals surface area contributed by atoms with Crippen molar-refractivity contribution in [2.45, 2.75) is 53.7 Å². The van der Waals surface area contributed by atoms with Crippen LogP contribution in [0.4, 0.5) is 35.9 Å². The van der Waals surface area contributed by atoms with Crippen molar-refractivity contribution >= 4 is 34.5 Å². The predicted octanol–water partition coefficient (Wildman–Crippen LogP) is 5.28. The number of hydrogen-bond acceptors (Lipinski definition) is 7. The number of rotatable bonds is 6. The number of benzene rings is 2. The van der Waals surface area contributed by atoms with Gasteiger partial charge in [0.15, 0.2) is 0 Å². The Balaban J connectivity index is 1.36. The van der Waals surface area contributed by atoms with E-state index in [2.05, 4.69) is 57.6 Å². The maximum Gasteiger partial charge on any atom is 0.416 e. The van der Waals surface area contributed by atoms with Crippen LogP contribution in [0.15, 0.2) is 40.1 Å². The van der Waals surface area contributed by atoms with Gasteiger partial charge in [-0.25, -0.2) is 0 Å². The highest BCUT2D eigenvalue weighted by atomic mass is 32.2. The zero-order valence-electron chi connectivity index (χ0n) is 21.6. The first-order chi connectivity index (χ1) is 17.7. The highest BCUT2D eigenvalue weighted by molar-refractivity contribution is 7.99. The molecular formula is C27H37F3N6S. The van der Waals surface area contributed by atoms with Crippen molar-refractivity contribution in [2.24, 2.45) is 5.73 Å². The molecule has 0 atom stereocenters. The summed E-state index contributed by atoms with van der Waals surface area (Å²) in [5, 5.41) is 6.90. The highest BCUT2D eigenvalue weighted by Gasteiger charge is 2.34. The van der Waals surface area contributed by atoms with Gasteiger partial charge in [0, 0.05) is 66.8 Å². The largest absolute Gasteiger partial charge is 0.416 e. The number of hydrogen-bond donors (Lipinski definition) is 3. The zero-order chi connectivity index (χ0) is 26.2. The van der Waals surface area contributed by atoms with Crippen molar-refractivity contribution in [3.05, 3.63) is 35.9 Å². The summed E-state index contributed by atoms with van der Waals surface area (Å²) in [6.07, 6.45) is -0.443. The molecule has 5 rings (SSSR count). The molecule has 2 saturated heterocycles. The normalized spacial score (nSPS) is 19.5. The van der Waals surface area contributed by atoms with E-state index in [1.54, 1.807) is 0 Å². The molecule has 2 aromatic carbocycles. The summed E-state index contributed by atoms with van der Waals surface area (Å²) in [6, 6.07) is 9.56. The van der Waals surface area contributed by atoms with Gasteiger partial charge in [0.25, 0.3) is 0 Å². The number of fused-ring (bicyclic) bond motifs is 2. The van der Waals surface area contributed by atoms with Gasteiger partial charge in [-0.3, -0.25) is 0 Å². The van der Waals surface area contributed by atoms with Crippen LogP contribution < -0.4 is 21.3 Å². The molecule has 0 aromatic heterocycles. The number of nitrogens with one attached hydrogen (secondary N) is 2. The lowest BCUT2D eigenvalue weighted by atomic mass is 10.0. The van der Waals surface area contributed by atoms with Gasteiger partial charge in [0.05, 0.1) is 22.6 Å². The van der Waals surface area contributed by atoms with Crippen molar-refractivity contribution in [1.29, 1.82) is 0 Å². The van der Waals surface area contributed by atoms with E-state index in [4.69, 9.17) is 5.73 Å². The number of nitrogens with zero attached hydrogens (tertiary/aromatic N) is 3. The second-order valence-corrected chi connectivity index (χ2v) is 11.6. The monoisotopic (exact) mass is 534 g/mol. The quantitative estimate of drug-likeness (QED) is 0.398. The Kier molecular flexibility index (Phi) is 7.81. The number of piperidine rings is 2. The van der Waals surface area contributed by atoms with Crippen LogP contribution >= 0.6 is 11.8 Å². The van der Waals surface area contributed by atoms with Crippen molar-refractivity contribution in [1.82, 2.24) is 9.80 Å². The molecule has 3 heterocycles. The molecule has 37 heavy (non-hydrogen) atoms. The van der Waals surface area contributed by atoms with Gasteiger partial charge >= 0.3 is 6.18 Å². The van der Waals surface area contributed by atoms with Gasteiger partial charge in [0.2, 0.25) is 0 Å². The van der Waals surface area contributed by atoms with Crippen molar-refractivity contribution < 1.29 is 13.2 Å². The third-order valence-electron chi connectivity index (χ3n) is 7.83. The standard InChI is InChI=1S/C27H37F3N6S/c1-34(2)20-7-12-36(13-8-20)21-3-4-22-24(17-21)37-25-16-18(27(28,29)30)15-23(26(25)33-22)32-19-5-10-35(11-6-19)14-9-31/h3-4,15-17,19-20,32-33H,5-14,31H2,1-2H3. The van der Waals surface area contributed by atoms with Gasteiger partial charge in [0.1, 0.15) is 0 Å². The Morgan fingerprint density at radius 3 is 2.41 bits per heavy atom. The third kappa shape index (κ3) is 5.97. The molecule has 202 valence electrons. The molecule has 3 aliphatic heterocycles. The van der Waals surface area contributed by atoms with Crippen LogP contribution in [0.1, 0.15) is 31.2 Å². The van der Waals surface area contributed by atoms with Gasteiger partial charge in [-0.1, -0.05) is 11.8 Å². The first-order valence-electron chi connectivity index (χ1n) is 13.2. The molecule has 0 saturated carbocycles. The first kappa shape index (κ1) is 26.5. The Bertz CT molecular complexity index is 1090. The number of nitrogens with two attached hydrogens (primary N) is 1. The van der Waals surface area contributed by atoms with Crippen LogP contribution in [0.25, 0.3) is 0 Å². The van der Waals surface area contributed by atoms with Crippen LogP contribution in [-0.4, -0.2) is 75.2 Å². The first-order valence-corrected chi connectivity index (χ1v) is 14.0. The Morgan fingerprint density at radius 2 is 1.76 bits per heavy atom. The summed E-state index contributed by atoms with van der Waals surface area (Å²) in [5.74, 6) is 0. The van der Waals surface area contributed by atoms with E-state index >= 15 is 0 Å². The molecule has 0 radical (unpaired) electrons. The van der Waals surface area contributed by atoms with Crippen LogP contribution in [0.3, 0.4) is 0 Å². The molecule has 0 unspecified atom stereocenters. The molecule has 0 spiro atoms. The maximum absolute atomic E-state index is 13.9. The van der Waals surface area contributed by atoms with Crippen LogP contribution in [0, 0.1) is 0 Å². The molecule has 4 N–H and O–H groups in total. The van der Waals surface area contributed by atoms with Gasteiger partial charge < -0.3 is 31.1 Å². The summed E-state index contributed by atoms with van der Waals surface area (Å²) >= 11 is 1.42. The summed E-state index contributed by atoms with van der Waals surface area (Å²) < 4.78 is 41.6. The Hall–Kier alpha value is -2.14. The fraction of sp³-hybridized carbons (Fsp3) is 0.556. The highest BCUT2D eigenvalue weighted by Crippen LogP contribution is 2.50. The fourth-order valence-electron chi connectivity index (χ4n) is 5.59. The topological polar surface area (TPSA) is 59.8 Å². The van der Waals surface area contributed by atoms with Crippen molar-refractivity contribution in [3.63, 3.8) is 0 Å². The van der Waals surface area contributed by atoms with E-state index < -0.39 is 11.7 Å². The second-order valence-electron chi connectivity index (χ2n) is 10.5. The SMILES string of the molecule is CN(C)C1CCN(c2ccc3c(c2)Sc2cc(C(F)(F)F)cc(NC4CCN(CCN)CC4)c2N3)CC1. The molecule has 2 aromatic rings. The molecule has 0 bridgehead atoms. The second kappa shape index (κ2) is 10.9. The molecule has 3 aliphatic rings. The summed E-state index contributed by atoms with van der Waals surface area (Å²) in [5.41, 5.74) is 8.38. The van der Waals surface area contributed by atoms with E-state index in [0.717, 1.165) is 80.4 Å². The lowest BCUT2D eigenvalue weighted by Crippen LogP contribution is -2.42. The molecule has 6 nitrogen and oxygen atoms in total. The van der Waals surface area contributed by atoms with E-state index in [1.807, 2.05) is 0 Å². The smallest absolute Gasteiger partial charge is 0.380 e. The number of likely N-dealkylation sites (tertiary alicyclic amines) is 1. The number of anilines is 4. The number of alkyl halides is 3. The van der Waals surface area contributed by atoms with Crippen molar-refractivity contribution in [3.8, 4) is 0 Å². The van der Waals surface area contributed by atoms with E-state index in [9.17, 15) is 13.2 Å². The molecule has 10 heteroatoms. The average molecular weight is 535 g/mol. The lowest BCUT2D eigenvalue weighted by Gasteiger charge is -2.37. The minimum Gasteiger partial charge on any atom is -0.380 e. The molecule has 2 fully saturated rings. The third-order valence-corrected chi connectivity index (χ3v) is 8.93. The van der Waals surface area contributed by atoms with Crippen LogP contribution in [-0.2, 0) is 6.18 Å². The van der Waals surface area contributed by atoms with E-state index in [1.165, 1.54) is 23.9 Å². The Morgan fingerprint density at radius 1 is 1.03 bits per heavy atom. The molecule has 0 amide bonds. The average Bonchev–Trinajstić information content (AvgIpc) is 2.88. The van der Waals surface area contributed by atoms with E-state index in [-0.39, 0.29) is 6.04 Å². The molecule has 0 aliphatic carbocycles. The minimum atomic E-state index is -4.41. The summed E-state index contributed by atoms with van der Waals surface area (Å²) in [4.78, 5) is 8.54. The lowest BCUT2D eigenvalue weighted by molar-refractivity contribution is -0.137. The van der Waals surface area contributed by atoms with Crippen molar-refractivity contribution in [2.75, 3.05) is 68.9 Å². The van der Waals surface area contributed by atoms with Gasteiger partial charge in [-0.15, -0.1) is 0 Å². The predicted molar refractivity (Wildman–Crippen MR) is 146 cm³/mol. The van der Waals surface area contributed by atoms with Crippen LogP contribution in [0.5, 0.6) is 0 Å². The number of halogens is 3.